The number of rotatable bonds is 3. The largest absolute Gasteiger partial charge is 0.382 e. The number of halogens is 2. The fraction of sp³-hybridized carbons (Fsp3) is 0.385. The van der Waals surface area contributed by atoms with Crippen molar-refractivity contribution < 1.29 is 13.5 Å². The van der Waals surface area contributed by atoms with Gasteiger partial charge in [0, 0.05) is 13.1 Å². The van der Waals surface area contributed by atoms with Crippen LogP contribution in [0.1, 0.15) is 6.55 Å². The molecule has 0 spiro atoms. The lowest BCUT2D eigenvalue weighted by Gasteiger charge is -2.26. The van der Waals surface area contributed by atoms with Crippen LogP contribution in [0, 0.1) is 0 Å². The summed E-state index contributed by atoms with van der Waals surface area (Å²) < 4.78 is 32.9. The highest BCUT2D eigenvalue weighted by Gasteiger charge is 2.19. The van der Waals surface area contributed by atoms with Crippen molar-refractivity contribution in [1.82, 2.24) is 29.3 Å². The summed E-state index contributed by atoms with van der Waals surface area (Å²) in [5.41, 5.74) is 7.26. The number of nitrogens with two attached hydrogens (primary N) is 1. The first kappa shape index (κ1) is 14.8. The highest BCUT2D eigenvalue weighted by atomic mass is 19.3. The molecule has 3 aromatic rings. The molecule has 4 rings (SSSR count). The number of alkyl halides is 2. The number of aromatic nitrogens is 6. The van der Waals surface area contributed by atoms with Crippen molar-refractivity contribution in [3.05, 3.63) is 18.7 Å². The van der Waals surface area contributed by atoms with E-state index in [1.807, 2.05) is 4.90 Å². The van der Waals surface area contributed by atoms with E-state index in [2.05, 4.69) is 20.1 Å². The molecule has 9 nitrogen and oxygen atoms in total. The standard InChI is InChI=1S/C13H14F2N8O/c14-12(15)23-6-8(5-18-23)22-7-17-9-10(16)19-13(20-11(9)22)21-1-3-24-4-2-21/h5-7,12H,1-4H2,(H2,16,19,20). The molecule has 126 valence electrons. The molecule has 0 saturated carbocycles. The zero-order valence-corrected chi connectivity index (χ0v) is 12.5. The molecule has 1 fully saturated rings. The summed E-state index contributed by atoms with van der Waals surface area (Å²) in [6.07, 6.45) is 4.00. The summed E-state index contributed by atoms with van der Waals surface area (Å²) in [6, 6.07) is 0. The van der Waals surface area contributed by atoms with Crippen LogP contribution in [0.3, 0.4) is 0 Å². The number of fused-ring (bicyclic) bond motifs is 1. The van der Waals surface area contributed by atoms with E-state index in [0.29, 0.717) is 53.8 Å². The van der Waals surface area contributed by atoms with Crippen molar-refractivity contribution in [2.24, 2.45) is 0 Å². The van der Waals surface area contributed by atoms with Crippen LogP contribution in [-0.4, -0.2) is 55.6 Å². The zero-order valence-electron chi connectivity index (χ0n) is 12.5. The second-order valence-electron chi connectivity index (χ2n) is 5.25. The molecule has 2 N–H and O–H groups in total. The summed E-state index contributed by atoms with van der Waals surface area (Å²) in [6.45, 7) is -0.231. The molecule has 3 aromatic heterocycles. The molecule has 4 heterocycles. The Balaban J connectivity index is 1.79. The number of nitrogens with zero attached hydrogens (tertiary/aromatic N) is 7. The summed E-state index contributed by atoms with van der Waals surface area (Å²) >= 11 is 0. The van der Waals surface area contributed by atoms with Gasteiger partial charge in [-0.2, -0.15) is 23.8 Å². The first-order chi connectivity index (χ1) is 11.6. The first-order valence-corrected chi connectivity index (χ1v) is 7.29. The lowest BCUT2D eigenvalue weighted by Crippen LogP contribution is -2.37. The van der Waals surface area contributed by atoms with Crippen LogP contribution in [0.15, 0.2) is 18.7 Å². The van der Waals surface area contributed by atoms with Crippen molar-refractivity contribution in [2.75, 3.05) is 36.9 Å². The van der Waals surface area contributed by atoms with Crippen LogP contribution in [0.25, 0.3) is 16.9 Å². The van der Waals surface area contributed by atoms with Gasteiger partial charge < -0.3 is 15.4 Å². The lowest BCUT2D eigenvalue weighted by molar-refractivity contribution is 0.0566. The first-order valence-electron chi connectivity index (χ1n) is 7.29. The Hall–Kier alpha value is -2.82. The Labute approximate surface area is 134 Å². The quantitative estimate of drug-likeness (QED) is 0.756. The highest BCUT2D eigenvalue weighted by Crippen LogP contribution is 2.24. The summed E-state index contributed by atoms with van der Waals surface area (Å²) in [5.74, 6) is 0.702. The monoisotopic (exact) mass is 336 g/mol. The Bertz CT molecular complexity index is 870. The van der Waals surface area contributed by atoms with Gasteiger partial charge in [0.2, 0.25) is 5.95 Å². The van der Waals surface area contributed by atoms with Gasteiger partial charge in [-0.15, -0.1) is 0 Å². The van der Waals surface area contributed by atoms with E-state index in [9.17, 15) is 8.78 Å². The molecule has 1 aliphatic rings. The van der Waals surface area contributed by atoms with Crippen molar-refractivity contribution >= 4 is 22.9 Å². The fourth-order valence-electron chi connectivity index (χ4n) is 2.56. The lowest BCUT2D eigenvalue weighted by atomic mass is 10.4. The number of imidazole rings is 1. The highest BCUT2D eigenvalue weighted by molar-refractivity contribution is 5.84. The van der Waals surface area contributed by atoms with E-state index >= 15 is 0 Å². The van der Waals surface area contributed by atoms with Crippen LogP contribution < -0.4 is 10.6 Å². The minimum Gasteiger partial charge on any atom is -0.382 e. The van der Waals surface area contributed by atoms with Crippen LogP contribution >= 0.6 is 0 Å². The van der Waals surface area contributed by atoms with Crippen LogP contribution in [0.5, 0.6) is 0 Å². The molecule has 0 radical (unpaired) electrons. The predicted molar refractivity (Wildman–Crippen MR) is 81.1 cm³/mol. The molecule has 1 aliphatic heterocycles. The summed E-state index contributed by atoms with van der Waals surface area (Å²) in [5, 5.41) is 3.63. The molecule has 0 unspecified atom stereocenters. The topological polar surface area (TPSA) is 99.9 Å². The SMILES string of the molecule is Nc1nc(N2CCOCC2)nc2c1ncn2-c1cnn(C(F)F)c1. The minimum absolute atomic E-state index is 0.237. The average Bonchev–Trinajstić information content (AvgIpc) is 3.22. The Morgan fingerprint density at radius 3 is 2.71 bits per heavy atom. The molecule has 1 saturated heterocycles. The number of ether oxygens (including phenoxy) is 1. The van der Waals surface area contributed by atoms with Gasteiger partial charge in [0.05, 0.1) is 31.3 Å². The van der Waals surface area contributed by atoms with Gasteiger partial charge in [-0.25, -0.2) is 9.67 Å². The van der Waals surface area contributed by atoms with Crippen molar-refractivity contribution in [1.29, 1.82) is 0 Å². The molecule has 0 atom stereocenters. The number of hydrogen-bond acceptors (Lipinski definition) is 7. The third-order valence-corrected chi connectivity index (χ3v) is 3.77. The van der Waals surface area contributed by atoms with E-state index in [0.717, 1.165) is 0 Å². The molecular formula is C13H14F2N8O. The smallest absolute Gasteiger partial charge is 0.333 e. The van der Waals surface area contributed by atoms with Gasteiger partial charge >= 0.3 is 6.55 Å². The summed E-state index contributed by atoms with van der Waals surface area (Å²) in [4.78, 5) is 14.9. The van der Waals surface area contributed by atoms with Crippen LogP contribution in [0.2, 0.25) is 0 Å². The normalized spacial score (nSPS) is 15.5. The van der Waals surface area contributed by atoms with E-state index < -0.39 is 6.55 Å². The molecule has 11 heteroatoms. The van der Waals surface area contributed by atoms with Gasteiger partial charge in [0.1, 0.15) is 6.33 Å². The second kappa shape index (κ2) is 5.67. The summed E-state index contributed by atoms with van der Waals surface area (Å²) in [7, 11) is 0. The zero-order chi connectivity index (χ0) is 16.7. The van der Waals surface area contributed by atoms with E-state index in [4.69, 9.17) is 10.5 Å². The number of nitrogen functional groups attached to an aromatic ring is 1. The number of hydrogen-bond donors (Lipinski definition) is 1. The van der Waals surface area contributed by atoms with E-state index in [1.54, 1.807) is 4.57 Å². The maximum absolute atomic E-state index is 12.7. The maximum Gasteiger partial charge on any atom is 0.333 e. The minimum atomic E-state index is -2.71. The number of morpholine rings is 1. The molecule has 0 amide bonds. The Kier molecular flexibility index (Phi) is 3.49. The third kappa shape index (κ3) is 2.42. The Morgan fingerprint density at radius 1 is 1.21 bits per heavy atom. The Morgan fingerprint density at radius 2 is 2.00 bits per heavy atom. The van der Waals surface area contributed by atoms with Gasteiger partial charge in [-0.1, -0.05) is 0 Å². The maximum atomic E-state index is 12.7. The molecule has 0 aromatic carbocycles. The molecular weight excluding hydrogens is 322 g/mol. The van der Waals surface area contributed by atoms with E-state index in [-0.39, 0.29) is 5.82 Å². The van der Waals surface area contributed by atoms with Crippen LogP contribution in [0.4, 0.5) is 20.5 Å². The fourth-order valence-corrected chi connectivity index (χ4v) is 2.56. The van der Waals surface area contributed by atoms with E-state index in [1.165, 1.54) is 18.7 Å². The average molecular weight is 336 g/mol. The van der Waals surface area contributed by atoms with Gasteiger partial charge in [-0.05, 0) is 0 Å². The molecule has 0 aliphatic carbocycles. The van der Waals surface area contributed by atoms with Gasteiger partial charge in [0.25, 0.3) is 0 Å². The van der Waals surface area contributed by atoms with Crippen molar-refractivity contribution in [3.8, 4) is 5.69 Å². The molecule has 24 heavy (non-hydrogen) atoms. The van der Waals surface area contributed by atoms with Gasteiger partial charge in [0.15, 0.2) is 17.0 Å². The van der Waals surface area contributed by atoms with Gasteiger partial charge in [-0.3, -0.25) is 4.57 Å². The predicted octanol–water partition coefficient (Wildman–Crippen LogP) is 0.826. The van der Waals surface area contributed by atoms with Crippen LogP contribution in [-0.2, 0) is 4.74 Å². The van der Waals surface area contributed by atoms with Crippen molar-refractivity contribution in [3.63, 3.8) is 0 Å². The molecule has 0 bridgehead atoms. The third-order valence-electron chi connectivity index (χ3n) is 3.77. The van der Waals surface area contributed by atoms with Crippen molar-refractivity contribution in [2.45, 2.75) is 6.55 Å². The number of anilines is 2. The second-order valence-corrected chi connectivity index (χ2v) is 5.25.